The molecule has 3 rings (SSSR count). The Morgan fingerprint density at radius 3 is 2.36 bits per heavy atom. The molecule has 2 aromatic rings. The Hall–Kier alpha value is -2.34. The number of hydrogen-bond donors (Lipinski definition) is 1. The summed E-state index contributed by atoms with van der Waals surface area (Å²) >= 11 is 3.47. The molecular formula is C22H25BrN2O3. The fraction of sp³-hybridized carbons (Fsp3) is 0.364. The van der Waals surface area contributed by atoms with Gasteiger partial charge in [-0.3, -0.25) is 9.59 Å². The minimum atomic E-state index is -0.700. The van der Waals surface area contributed by atoms with E-state index in [0.29, 0.717) is 17.0 Å². The van der Waals surface area contributed by atoms with Gasteiger partial charge in [0.2, 0.25) is 0 Å². The Morgan fingerprint density at radius 1 is 1.11 bits per heavy atom. The van der Waals surface area contributed by atoms with Crippen molar-refractivity contribution in [3.63, 3.8) is 0 Å². The molecule has 1 unspecified atom stereocenters. The molecule has 0 aromatic heterocycles. The van der Waals surface area contributed by atoms with Gasteiger partial charge in [-0.1, -0.05) is 28.1 Å². The summed E-state index contributed by atoms with van der Waals surface area (Å²) in [5.41, 5.74) is 2.94. The van der Waals surface area contributed by atoms with Crippen LogP contribution in [0.15, 0.2) is 40.9 Å². The highest BCUT2D eigenvalue weighted by atomic mass is 79.9. The molecule has 5 nitrogen and oxygen atoms in total. The Morgan fingerprint density at radius 2 is 1.71 bits per heavy atom. The van der Waals surface area contributed by atoms with Crippen LogP contribution >= 0.6 is 15.9 Å². The summed E-state index contributed by atoms with van der Waals surface area (Å²) in [5.74, 6) is 0.372. The highest BCUT2D eigenvalue weighted by Gasteiger charge is 2.24. The van der Waals surface area contributed by atoms with Gasteiger partial charge in [0.15, 0.2) is 6.10 Å². The third-order valence-electron chi connectivity index (χ3n) is 4.90. The Labute approximate surface area is 174 Å². The number of likely N-dealkylation sites (tertiary alicyclic amines) is 1. The molecule has 28 heavy (non-hydrogen) atoms. The second-order valence-corrected chi connectivity index (χ2v) is 8.08. The summed E-state index contributed by atoms with van der Waals surface area (Å²) in [7, 11) is 0. The van der Waals surface area contributed by atoms with Gasteiger partial charge in [0.05, 0.1) is 11.3 Å². The zero-order chi connectivity index (χ0) is 20.3. The Kier molecular flexibility index (Phi) is 6.39. The average molecular weight is 445 g/mol. The molecule has 0 radical (unpaired) electrons. The van der Waals surface area contributed by atoms with Crippen molar-refractivity contribution in [2.75, 3.05) is 18.4 Å². The van der Waals surface area contributed by atoms with Crippen LogP contribution in [-0.4, -0.2) is 35.9 Å². The van der Waals surface area contributed by atoms with Crippen molar-refractivity contribution in [3.05, 3.63) is 57.6 Å². The maximum absolute atomic E-state index is 12.8. The predicted molar refractivity (Wildman–Crippen MR) is 114 cm³/mol. The number of anilines is 1. The number of carbonyl (C=O) groups excluding carboxylic acids is 2. The van der Waals surface area contributed by atoms with Crippen LogP contribution in [0.4, 0.5) is 5.69 Å². The molecule has 0 aliphatic carbocycles. The molecule has 148 valence electrons. The van der Waals surface area contributed by atoms with Crippen molar-refractivity contribution in [2.45, 2.75) is 39.7 Å². The summed E-state index contributed by atoms with van der Waals surface area (Å²) in [4.78, 5) is 27.3. The van der Waals surface area contributed by atoms with Gasteiger partial charge in [-0.05, 0) is 69.0 Å². The fourth-order valence-corrected chi connectivity index (χ4v) is 4.10. The lowest BCUT2D eigenvalue weighted by atomic mass is 10.1. The van der Waals surface area contributed by atoms with Crippen molar-refractivity contribution in [1.29, 1.82) is 0 Å². The standard InChI is InChI=1S/C22H25BrN2O3/c1-14-12-17(23)13-15(2)20(14)28-16(3)21(26)24-19-9-5-4-8-18(19)22(27)25-10-6-7-11-25/h4-5,8-9,12-13,16H,6-7,10-11H2,1-3H3,(H,24,26). The fourth-order valence-electron chi connectivity index (χ4n) is 3.42. The highest BCUT2D eigenvalue weighted by molar-refractivity contribution is 9.10. The van der Waals surface area contributed by atoms with Crippen LogP contribution in [-0.2, 0) is 4.79 Å². The number of carbonyl (C=O) groups is 2. The van der Waals surface area contributed by atoms with Crippen molar-refractivity contribution >= 4 is 33.4 Å². The van der Waals surface area contributed by atoms with Crippen molar-refractivity contribution < 1.29 is 14.3 Å². The van der Waals surface area contributed by atoms with E-state index in [2.05, 4.69) is 21.2 Å². The number of para-hydroxylation sites is 1. The van der Waals surface area contributed by atoms with E-state index in [-0.39, 0.29) is 11.8 Å². The minimum absolute atomic E-state index is 0.0402. The van der Waals surface area contributed by atoms with Crippen LogP contribution in [0, 0.1) is 13.8 Å². The molecule has 6 heteroatoms. The van der Waals surface area contributed by atoms with Crippen LogP contribution in [0.2, 0.25) is 0 Å². The van der Waals surface area contributed by atoms with Crippen molar-refractivity contribution in [2.24, 2.45) is 0 Å². The summed E-state index contributed by atoms with van der Waals surface area (Å²) in [6.45, 7) is 7.14. The van der Waals surface area contributed by atoms with E-state index in [1.165, 1.54) is 0 Å². The molecule has 1 aliphatic rings. The molecule has 1 aliphatic heterocycles. The third-order valence-corrected chi connectivity index (χ3v) is 5.36. The second-order valence-electron chi connectivity index (χ2n) is 7.16. The molecule has 1 atom stereocenters. The van der Waals surface area contributed by atoms with E-state index in [4.69, 9.17) is 4.74 Å². The van der Waals surface area contributed by atoms with E-state index in [0.717, 1.165) is 41.5 Å². The number of aryl methyl sites for hydroxylation is 2. The first-order chi connectivity index (χ1) is 13.4. The van der Waals surface area contributed by atoms with Crippen LogP contribution in [0.5, 0.6) is 5.75 Å². The van der Waals surface area contributed by atoms with Crippen LogP contribution in [0.25, 0.3) is 0 Å². The maximum atomic E-state index is 12.8. The minimum Gasteiger partial charge on any atom is -0.480 e. The van der Waals surface area contributed by atoms with Crippen LogP contribution in [0.1, 0.15) is 41.3 Å². The normalized spacial score (nSPS) is 14.6. The number of benzene rings is 2. The number of hydrogen-bond acceptors (Lipinski definition) is 3. The molecule has 0 spiro atoms. The van der Waals surface area contributed by atoms with Crippen molar-refractivity contribution in [1.82, 2.24) is 4.90 Å². The van der Waals surface area contributed by atoms with E-state index in [9.17, 15) is 9.59 Å². The predicted octanol–water partition coefficient (Wildman–Crippen LogP) is 4.71. The van der Waals surface area contributed by atoms with E-state index in [1.807, 2.05) is 43.0 Å². The topological polar surface area (TPSA) is 58.6 Å². The molecule has 0 bridgehead atoms. The van der Waals surface area contributed by atoms with Crippen LogP contribution < -0.4 is 10.1 Å². The Balaban J connectivity index is 1.74. The lowest BCUT2D eigenvalue weighted by Crippen LogP contribution is -2.32. The lowest BCUT2D eigenvalue weighted by Gasteiger charge is -2.20. The summed E-state index contributed by atoms with van der Waals surface area (Å²) in [6.07, 6.45) is 1.35. The summed E-state index contributed by atoms with van der Waals surface area (Å²) in [6, 6.07) is 11.0. The number of halogens is 1. The third kappa shape index (κ3) is 4.55. The smallest absolute Gasteiger partial charge is 0.265 e. The molecule has 1 saturated heterocycles. The summed E-state index contributed by atoms with van der Waals surface area (Å²) < 4.78 is 6.91. The first-order valence-corrected chi connectivity index (χ1v) is 10.3. The van der Waals surface area contributed by atoms with Gasteiger partial charge in [0, 0.05) is 17.6 Å². The first-order valence-electron chi connectivity index (χ1n) is 9.49. The highest BCUT2D eigenvalue weighted by Crippen LogP contribution is 2.28. The average Bonchev–Trinajstić information content (AvgIpc) is 3.19. The molecule has 2 aromatic carbocycles. The van der Waals surface area contributed by atoms with Gasteiger partial charge in [-0.15, -0.1) is 0 Å². The molecule has 1 fully saturated rings. The van der Waals surface area contributed by atoms with E-state index < -0.39 is 6.10 Å². The number of rotatable bonds is 5. The quantitative estimate of drug-likeness (QED) is 0.726. The van der Waals surface area contributed by atoms with Gasteiger partial charge in [-0.2, -0.15) is 0 Å². The Bertz CT molecular complexity index is 868. The number of nitrogens with zero attached hydrogens (tertiary/aromatic N) is 1. The largest absolute Gasteiger partial charge is 0.480 e. The summed E-state index contributed by atoms with van der Waals surface area (Å²) in [5, 5.41) is 2.86. The number of nitrogens with one attached hydrogen (secondary N) is 1. The first kappa shape index (κ1) is 20.4. The van der Waals surface area contributed by atoms with Gasteiger partial charge < -0.3 is 15.0 Å². The van der Waals surface area contributed by atoms with E-state index in [1.54, 1.807) is 19.1 Å². The SMILES string of the molecule is Cc1cc(Br)cc(C)c1OC(C)C(=O)Nc1ccccc1C(=O)N1CCCC1. The maximum Gasteiger partial charge on any atom is 0.265 e. The second kappa shape index (κ2) is 8.78. The molecule has 2 amide bonds. The molecule has 1 heterocycles. The monoisotopic (exact) mass is 444 g/mol. The molecule has 0 saturated carbocycles. The van der Waals surface area contributed by atoms with Gasteiger partial charge in [0.1, 0.15) is 5.75 Å². The lowest BCUT2D eigenvalue weighted by molar-refractivity contribution is -0.122. The number of ether oxygens (including phenoxy) is 1. The zero-order valence-corrected chi connectivity index (χ0v) is 18.0. The van der Waals surface area contributed by atoms with Crippen LogP contribution in [0.3, 0.4) is 0 Å². The molecular weight excluding hydrogens is 420 g/mol. The van der Waals surface area contributed by atoms with Crippen molar-refractivity contribution in [3.8, 4) is 5.75 Å². The van der Waals surface area contributed by atoms with Gasteiger partial charge in [-0.25, -0.2) is 0 Å². The van der Waals surface area contributed by atoms with Gasteiger partial charge >= 0.3 is 0 Å². The van der Waals surface area contributed by atoms with E-state index >= 15 is 0 Å². The zero-order valence-electron chi connectivity index (χ0n) is 16.4. The van der Waals surface area contributed by atoms with Gasteiger partial charge in [0.25, 0.3) is 11.8 Å². The molecule has 1 N–H and O–H groups in total. The number of amides is 2.